The Bertz CT molecular complexity index is 441. The van der Waals surface area contributed by atoms with E-state index in [0.717, 1.165) is 30.3 Å². The maximum atomic E-state index is 6.14. The lowest BCUT2D eigenvalue weighted by atomic mass is 9.95. The molecule has 4 nitrogen and oxygen atoms in total. The molecule has 0 bridgehead atoms. The van der Waals surface area contributed by atoms with Crippen LogP contribution in [-0.4, -0.2) is 23.1 Å². The van der Waals surface area contributed by atoms with Crippen molar-refractivity contribution in [2.75, 3.05) is 23.7 Å². The van der Waals surface area contributed by atoms with Crippen LogP contribution in [0.25, 0.3) is 0 Å². The Morgan fingerprint density at radius 2 is 1.52 bits per heavy atom. The Morgan fingerprint density at radius 3 is 1.95 bits per heavy atom. The molecule has 0 aliphatic rings. The fourth-order valence-electron chi connectivity index (χ4n) is 2.19. The van der Waals surface area contributed by atoms with Crippen molar-refractivity contribution in [3.8, 4) is 0 Å². The number of rotatable bonds is 7. The number of nitrogens with two attached hydrogens (primary N) is 1. The van der Waals surface area contributed by atoms with Gasteiger partial charge in [0.25, 0.3) is 0 Å². The Hall–Kier alpha value is -1.32. The van der Waals surface area contributed by atoms with Crippen LogP contribution < -0.4 is 10.6 Å². The van der Waals surface area contributed by atoms with Crippen molar-refractivity contribution in [2.45, 2.75) is 72.6 Å². The van der Waals surface area contributed by atoms with Crippen LogP contribution in [0.4, 0.5) is 11.6 Å². The standard InChI is InChI=1S/C17H32N4/c1-7-9-11-21(12-10-8-2)15-13(3)14(18)19-16(20-15)17(4,5)6/h7-12H2,1-6H3,(H2,18,19,20). The van der Waals surface area contributed by atoms with Crippen LogP contribution in [0, 0.1) is 6.92 Å². The molecule has 1 aromatic heterocycles. The number of unbranched alkanes of at least 4 members (excludes halogenated alkanes) is 2. The van der Waals surface area contributed by atoms with Gasteiger partial charge in [0.2, 0.25) is 0 Å². The Morgan fingerprint density at radius 1 is 1.00 bits per heavy atom. The molecule has 4 heteroatoms. The molecule has 0 amide bonds. The van der Waals surface area contributed by atoms with Crippen molar-refractivity contribution in [1.29, 1.82) is 0 Å². The summed E-state index contributed by atoms with van der Waals surface area (Å²) in [6.07, 6.45) is 4.73. The smallest absolute Gasteiger partial charge is 0.138 e. The van der Waals surface area contributed by atoms with Gasteiger partial charge in [-0.25, -0.2) is 9.97 Å². The van der Waals surface area contributed by atoms with Gasteiger partial charge in [0, 0.05) is 24.1 Å². The predicted octanol–water partition coefficient (Wildman–Crippen LogP) is 4.07. The monoisotopic (exact) mass is 292 g/mol. The number of aromatic nitrogens is 2. The summed E-state index contributed by atoms with van der Waals surface area (Å²) in [6.45, 7) is 14.9. The first-order valence-corrected chi connectivity index (χ1v) is 8.20. The maximum Gasteiger partial charge on any atom is 0.138 e. The SMILES string of the molecule is CCCCN(CCCC)c1nc(C(C)(C)C)nc(N)c1C. The van der Waals surface area contributed by atoms with E-state index in [-0.39, 0.29) is 5.41 Å². The van der Waals surface area contributed by atoms with Crippen molar-refractivity contribution in [3.63, 3.8) is 0 Å². The molecule has 0 spiro atoms. The molecule has 0 unspecified atom stereocenters. The topological polar surface area (TPSA) is 55.0 Å². The van der Waals surface area contributed by atoms with Crippen molar-refractivity contribution >= 4 is 11.6 Å². The van der Waals surface area contributed by atoms with Gasteiger partial charge >= 0.3 is 0 Å². The second-order valence-corrected chi connectivity index (χ2v) is 6.83. The number of hydrogen-bond acceptors (Lipinski definition) is 4. The minimum Gasteiger partial charge on any atom is -0.383 e. The van der Waals surface area contributed by atoms with Gasteiger partial charge in [0.1, 0.15) is 17.5 Å². The highest BCUT2D eigenvalue weighted by Gasteiger charge is 2.22. The largest absolute Gasteiger partial charge is 0.383 e. The predicted molar refractivity (Wildman–Crippen MR) is 91.9 cm³/mol. The molecular weight excluding hydrogens is 260 g/mol. The molecule has 0 aromatic carbocycles. The molecule has 0 saturated carbocycles. The van der Waals surface area contributed by atoms with E-state index in [0.29, 0.717) is 5.82 Å². The summed E-state index contributed by atoms with van der Waals surface area (Å²) in [7, 11) is 0. The maximum absolute atomic E-state index is 6.14. The van der Waals surface area contributed by atoms with E-state index >= 15 is 0 Å². The number of nitrogen functional groups attached to an aromatic ring is 1. The lowest BCUT2D eigenvalue weighted by molar-refractivity contribution is 0.543. The van der Waals surface area contributed by atoms with Crippen molar-refractivity contribution in [2.24, 2.45) is 0 Å². The molecule has 1 rings (SSSR count). The number of hydrogen-bond donors (Lipinski definition) is 1. The van der Waals surface area contributed by atoms with E-state index in [9.17, 15) is 0 Å². The van der Waals surface area contributed by atoms with Gasteiger partial charge in [-0.05, 0) is 19.8 Å². The summed E-state index contributed by atoms with van der Waals surface area (Å²) in [5.74, 6) is 2.47. The summed E-state index contributed by atoms with van der Waals surface area (Å²) >= 11 is 0. The second-order valence-electron chi connectivity index (χ2n) is 6.83. The van der Waals surface area contributed by atoms with Crippen LogP contribution >= 0.6 is 0 Å². The minimum absolute atomic E-state index is 0.0856. The molecular formula is C17H32N4. The van der Waals surface area contributed by atoms with Gasteiger partial charge < -0.3 is 10.6 Å². The minimum atomic E-state index is -0.0856. The summed E-state index contributed by atoms with van der Waals surface area (Å²) < 4.78 is 0. The molecule has 0 aliphatic heterocycles. The van der Waals surface area contributed by atoms with Gasteiger partial charge in [-0.1, -0.05) is 47.5 Å². The fraction of sp³-hybridized carbons (Fsp3) is 0.765. The third kappa shape index (κ3) is 4.87. The zero-order valence-corrected chi connectivity index (χ0v) is 14.7. The second kappa shape index (κ2) is 7.62. The Kier molecular flexibility index (Phi) is 6.43. The van der Waals surface area contributed by atoms with E-state index in [2.05, 4.69) is 44.5 Å². The molecule has 1 heterocycles. The highest BCUT2D eigenvalue weighted by molar-refractivity contribution is 5.56. The van der Waals surface area contributed by atoms with Crippen LogP contribution in [0.1, 0.15) is 71.7 Å². The van der Waals surface area contributed by atoms with Gasteiger partial charge in [-0.3, -0.25) is 0 Å². The first-order valence-electron chi connectivity index (χ1n) is 8.20. The van der Waals surface area contributed by atoms with Gasteiger partial charge in [0.15, 0.2) is 0 Å². The molecule has 120 valence electrons. The van der Waals surface area contributed by atoms with Crippen LogP contribution in [0.2, 0.25) is 0 Å². The normalized spacial score (nSPS) is 11.7. The molecule has 0 atom stereocenters. The highest BCUT2D eigenvalue weighted by atomic mass is 15.2. The van der Waals surface area contributed by atoms with E-state index in [4.69, 9.17) is 10.7 Å². The quantitative estimate of drug-likeness (QED) is 0.823. The summed E-state index contributed by atoms with van der Waals surface area (Å²) in [4.78, 5) is 11.7. The number of anilines is 2. The first-order chi connectivity index (χ1) is 9.81. The van der Waals surface area contributed by atoms with E-state index < -0.39 is 0 Å². The zero-order chi connectivity index (χ0) is 16.0. The van der Waals surface area contributed by atoms with Crippen LogP contribution in [0.15, 0.2) is 0 Å². The molecule has 21 heavy (non-hydrogen) atoms. The molecule has 1 aromatic rings. The number of nitrogens with zero attached hydrogens (tertiary/aromatic N) is 3. The van der Waals surface area contributed by atoms with Crippen molar-refractivity contribution < 1.29 is 0 Å². The first kappa shape index (κ1) is 17.7. The average molecular weight is 292 g/mol. The Labute approximate surface area is 130 Å². The van der Waals surface area contributed by atoms with E-state index in [1.807, 2.05) is 6.92 Å². The third-order valence-electron chi connectivity index (χ3n) is 3.69. The Balaban J connectivity index is 3.18. The van der Waals surface area contributed by atoms with Crippen LogP contribution in [0.3, 0.4) is 0 Å². The molecule has 0 aliphatic carbocycles. The van der Waals surface area contributed by atoms with Crippen LogP contribution in [0.5, 0.6) is 0 Å². The van der Waals surface area contributed by atoms with Gasteiger partial charge in [0.05, 0.1) is 0 Å². The fourth-order valence-corrected chi connectivity index (χ4v) is 2.19. The molecule has 0 fully saturated rings. The highest BCUT2D eigenvalue weighted by Crippen LogP contribution is 2.27. The van der Waals surface area contributed by atoms with Crippen molar-refractivity contribution in [1.82, 2.24) is 9.97 Å². The lowest BCUT2D eigenvalue weighted by Gasteiger charge is -2.28. The zero-order valence-electron chi connectivity index (χ0n) is 14.7. The molecule has 0 radical (unpaired) electrons. The summed E-state index contributed by atoms with van der Waals surface area (Å²) in [6, 6.07) is 0. The summed E-state index contributed by atoms with van der Waals surface area (Å²) in [5, 5.41) is 0. The summed E-state index contributed by atoms with van der Waals surface area (Å²) in [5.41, 5.74) is 7.06. The molecule has 2 N–H and O–H groups in total. The van der Waals surface area contributed by atoms with Crippen molar-refractivity contribution in [3.05, 3.63) is 11.4 Å². The van der Waals surface area contributed by atoms with E-state index in [1.54, 1.807) is 0 Å². The van der Waals surface area contributed by atoms with Gasteiger partial charge in [-0.15, -0.1) is 0 Å². The van der Waals surface area contributed by atoms with Crippen LogP contribution in [-0.2, 0) is 5.41 Å². The average Bonchev–Trinajstić information content (AvgIpc) is 2.41. The van der Waals surface area contributed by atoms with Gasteiger partial charge in [-0.2, -0.15) is 0 Å². The molecule has 0 saturated heterocycles. The third-order valence-corrected chi connectivity index (χ3v) is 3.69. The lowest BCUT2D eigenvalue weighted by Crippen LogP contribution is -2.29. The van der Waals surface area contributed by atoms with E-state index in [1.165, 1.54) is 25.7 Å².